The number of pyridine rings is 1. The van der Waals surface area contributed by atoms with E-state index in [2.05, 4.69) is 4.98 Å². The summed E-state index contributed by atoms with van der Waals surface area (Å²) in [6.45, 7) is 1.66. The van der Waals surface area contributed by atoms with Crippen molar-refractivity contribution in [3.63, 3.8) is 0 Å². The second-order valence-corrected chi connectivity index (χ2v) is 2.85. The third-order valence-corrected chi connectivity index (χ3v) is 1.61. The van der Waals surface area contributed by atoms with Crippen molar-refractivity contribution in [1.82, 2.24) is 4.98 Å². The van der Waals surface area contributed by atoms with E-state index < -0.39 is 0 Å². The summed E-state index contributed by atoms with van der Waals surface area (Å²) in [7, 11) is 0. The molecule has 66 valence electrons. The highest BCUT2D eigenvalue weighted by atomic mass is 19.1. The van der Waals surface area contributed by atoms with Gasteiger partial charge < -0.3 is 5.73 Å². The molecule has 0 aliphatic heterocycles. The van der Waals surface area contributed by atoms with E-state index in [9.17, 15) is 4.39 Å². The van der Waals surface area contributed by atoms with Gasteiger partial charge in [-0.15, -0.1) is 0 Å². The molecule has 1 heterocycles. The molecule has 0 spiro atoms. The first-order valence-corrected chi connectivity index (χ1v) is 4.01. The monoisotopic (exact) mass is 167 g/mol. The molecule has 1 rings (SSSR count). The fraction of sp³-hybridized carbons (Fsp3) is 0.444. The van der Waals surface area contributed by atoms with Gasteiger partial charge in [-0.1, -0.05) is 0 Å². The first kappa shape index (κ1) is 8.97. The lowest BCUT2D eigenvalue weighted by atomic mass is 10.0. The number of aromatic nitrogens is 1. The average molecular weight is 167 g/mol. The molecular formula is C9H13FN2. The van der Waals surface area contributed by atoms with E-state index in [4.69, 9.17) is 5.73 Å². The Kier molecular flexibility index (Phi) is 3.02. The molecular weight excluding hydrogens is 154 g/mol. The molecule has 0 radical (unpaired) electrons. The van der Waals surface area contributed by atoms with E-state index in [1.165, 1.54) is 0 Å². The number of anilines is 1. The molecule has 3 heteroatoms. The van der Waals surface area contributed by atoms with Crippen molar-refractivity contribution < 1.29 is 4.39 Å². The van der Waals surface area contributed by atoms with Gasteiger partial charge in [0.15, 0.2) is 0 Å². The van der Waals surface area contributed by atoms with Gasteiger partial charge in [-0.2, -0.15) is 0 Å². The maximum absolute atomic E-state index is 11.8. The van der Waals surface area contributed by atoms with Crippen LogP contribution in [0.3, 0.4) is 0 Å². The van der Waals surface area contributed by atoms with Crippen molar-refractivity contribution in [1.29, 1.82) is 0 Å². The third kappa shape index (κ3) is 2.49. The Labute approximate surface area is 71.6 Å². The number of hydrogen-bond acceptors (Lipinski definition) is 2. The highest BCUT2D eigenvalue weighted by Crippen LogP contribution is 2.08. The smallest absolute Gasteiger partial charge is 0.123 e. The molecule has 2 N–H and O–H groups in total. The third-order valence-electron chi connectivity index (χ3n) is 1.61. The maximum Gasteiger partial charge on any atom is 0.123 e. The summed E-state index contributed by atoms with van der Waals surface area (Å²) in [6.07, 6.45) is 1.19. The summed E-state index contributed by atoms with van der Waals surface area (Å²) in [5, 5.41) is 0. The molecule has 0 fully saturated rings. The normalized spacial score (nSPS) is 10.2. The summed E-state index contributed by atoms with van der Waals surface area (Å²) in [5.41, 5.74) is 7.49. The van der Waals surface area contributed by atoms with Crippen LogP contribution in [-0.4, -0.2) is 11.7 Å². The minimum Gasteiger partial charge on any atom is -0.384 e. The first-order valence-electron chi connectivity index (χ1n) is 4.01. The van der Waals surface area contributed by atoms with Gasteiger partial charge in [-0.05, 0) is 37.5 Å². The summed E-state index contributed by atoms with van der Waals surface area (Å²) < 4.78 is 11.8. The molecule has 0 atom stereocenters. The molecule has 0 aromatic carbocycles. The van der Waals surface area contributed by atoms with Crippen molar-refractivity contribution in [2.45, 2.75) is 19.8 Å². The molecule has 0 unspecified atom stereocenters. The van der Waals surface area contributed by atoms with Crippen molar-refractivity contribution in [3.05, 3.63) is 23.4 Å². The number of aryl methyl sites for hydroxylation is 2. The Hall–Kier alpha value is -1.12. The Morgan fingerprint density at radius 3 is 2.83 bits per heavy atom. The van der Waals surface area contributed by atoms with E-state index in [0.29, 0.717) is 18.7 Å². The molecule has 0 aliphatic carbocycles. The van der Waals surface area contributed by atoms with Crippen LogP contribution in [0.1, 0.15) is 17.7 Å². The summed E-state index contributed by atoms with van der Waals surface area (Å²) >= 11 is 0. The van der Waals surface area contributed by atoms with Crippen LogP contribution in [0.15, 0.2) is 12.1 Å². The van der Waals surface area contributed by atoms with Gasteiger partial charge in [0.1, 0.15) is 5.82 Å². The van der Waals surface area contributed by atoms with Crippen molar-refractivity contribution in [2.24, 2.45) is 0 Å². The molecule has 1 aromatic rings. The van der Waals surface area contributed by atoms with Crippen molar-refractivity contribution in [3.8, 4) is 0 Å². The number of nitrogen functional groups attached to an aromatic ring is 1. The van der Waals surface area contributed by atoms with Crippen LogP contribution in [0.25, 0.3) is 0 Å². The molecule has 1 aromatic heterocycles. The molecule has 0 amide bonds. The molecule has 0 saturated heterocycles. The summed E-state index contributed by atoms with van der Waals surface area (Å²) in [6, 6.07) is 3.74. The summed E-state index contributed by atoms with van der Waals surface area (Å²) in [5.74, 6) is 0.517. The van der Waals surface area contributed by atoms with Crippen LogP contribution >= 0.6 is 0 Å². The number of nitrogens with zero attached hydrogens (tertiary/aromatic N) is 1. The SMILES string of the molecule is [11CH3]c1cc(N)nc(CCCF)c1. The van der Waals surface area contributed by atoms with Gasteiger partial charge in [-0.3, -0.25) is 4.39 Å². The number of hydrogen-bond donors (Lipinski definition) is 1. The van der Waals surface area contributed by atoms with Crippen LogP contribution in [-0.2, 0) is 6.42 Å². The minimum atomic E-state index is -0.296. The zero-order chi connectivity index (χ0) is 8.97. The molecule has 0 saturated carbocycles. The quantitative estimate of drug-likeness (QED) is 0.746. The Morgan fingerprint density at radius 1 is 1.50 bits per heavy atom. The zero-order valence-electron chi connectivity index (χ0n) is 7.18. The lowest BCUT2D eigenvalue weighted by Crippen LogP contribution is -1.97. The molecule has 0 bridgehead atoms. The van der Waals surface area contributed by atoms with E-state index in [0.717, 1.165) is 11.3 Å². The first-order chi connectivity index (χ1) is 5.72. The lowest BCUT2D eigenvalue weighted by Gasteiger charge is -2.01. The Bertz CT molecular complexity index is 240. The van der Waals surface area contributed by atoms with E-state index in [-0.39, 0.29) is 6.67 Å². The highest BCUT2D eigenvalue weighted by Gasteiger charge is 1.97. The number of halogens is 1. The molecule has 12 heavy (non-hydrogen) atoms. The topological polar surface area (TPSA) is 38.9 Å². The van der Waals surface area contributed by atoms with Crippen molar-refractivity contribution >= 4 is 5.82 Å². The predicted molar refractivity (Wildman–Crippen MR) is 47.7 cm³/mol. The zero-order valence-corrected chi connectivity index (χ0v) is 7.18. The number of rotatable bonds is 3. The van der Waals surface area contributed by atoms with E-state index in [1.807, 2.05) is 13.0 Å². The van der Waals surface area contributed by atoms with Crippen LogP contribution in [0.2, 0.25) is 0 Å². The van der Waals surface area contributed by atoms with Gasteiger partial charge in [-0.25, -0.2) is 4.98 Å². The largest absolute Gasteiger partial charge is 0.384 e. The van der Waals surface area contributed by atoms with Gasteiger partial charge >= 0.3 is 0 Å². The fourth-order valence-corrected chi connectivity index (χ4v) is 1.14. The van der Waals surface area contributed by atoms with E-state index >= 15 is 0 Å². The van der Waals surface area contributed by atoms with Gasteiger partial charge in [0.2, 0.25) is 0 Å². The second kappa shape index (κ2) is 4.04. The van der Waals surface area contributed by atoms with Crippen LogP contribution in [0, 0.1) is 6.92 Å². The lowest BCUT2D eigenvalue weighted by molar-refractivity contribution is 0.471. The Morgan fingerprint density at radius 2 is 2.25 bits per heavy atom. The Balaban J connectivity index is 2.72. The van der Waals surface area contributed by atoms with Gasteiger partial charge in [0.25, 0.3) is 0 Å². The van der Waals surface area contributed by atoms with Crippen LogP contribution in [0.5, 0.6) is 0 Å². The second-order valence-electron chi connectivity index (χ2n) is 2.85. The standard InChI is InChI=1S/C9H13FN2/c1-7-5-8(3-2-4-10)12-9(11)6-7/h5-6H,2-4H2,1H3,(H2,11,12)/i1-1. The minimum absolute atomic E-state index is 0.296. The fourth-order valence-electron chi connectivity index (χ4n) is 1.14. The predicted octanol–water partition coefficient (Wildman–Crippen LogP) is 1.87. The van der Waals surface area contributed by atoms with Gasteiger partial charge in [0.05, 0.1) is 6.67 Å². The van der Waals surface area contributed by atoms with E-state index in [1.54, 1.807) is 6.07 Å². The average Bonchev–Trinajstić information content (AvgIpc) is 1.99. The molecule has 0 aliphatic rings. The number of alkyl halides is 1. The van der Waals surface area contributed by atoms with Crippen molar-refractivity contribution in [2.75, 3.05) is 12.4 Å². The molecule has 2 nitrogen and oxygen atoms in total. The highest BCUT2D eigenvalue weighted by molar-refractivity contribution is 5.34. The van der Waals surface area contributed by atoms with Gasteiger partial charge in [0, 0.05) is 5.69 Å². The number of nitrogens with two attached hydrogens (primary N) is 1. The summed E-state index contributed by atoms with van der Waals surface area (Å²) in [4.78, 5) is 4.08. The van der Waals surface area contributed by atoms with Crippen LogP contribution < -0.4 is 5.73 Å². The maximum atomic E-state index is 11.8. The van der Waals surface area contributed by atoms with Crippen LogP contribution in [0.4, 0.5) is 10.2 Å².